The molecule has 0 aliphatic heterocycles. The maximum atomic E-state index is 13.4. The summed E-state index contributed by atoms with van der Waals surface area (Å²) in [6.45, 7) is 9.41. The van der Waals surface area contributed by atoms with Gasteiger partial charge in [0.25, 0.3) is 0 Å². The fourth-order valence-electron chi connectivity index (χ4n) is 3.14. The monoisotopic (exact) mass is 590 g/mol. The second kappa shape index (κ2) is 13.4. The van der Waals surface area contributed by atoms with Crippen molar-refractivity contribution in [2.75, 3.05) is 19.8 Å². The zero-order valence-electron chi connectivity index (χ0n) is 22.6. The van der Waals surface area contributed by atoms with Crippen LogP contribution < -0.4 is 0 Å². The van der Waals surface area contributed by atoms with E-state index in [9.17, 15) is 53.9 Å². The number of ether oxygens (including phenoxy) is 3. The Morgan fingerprint density at radius 1 is 0.667 bits per heavy atom. The predicted molar refractivity (Wildman–Crippen MR) is 119 cm³/mol. The Morgan fingerprint density at radius 3 is 1.51 bits per heavy atom. The molecule has 1 unspecified atom stereocenters. The van der Waals surface area contributed by atoms with Gasteiger partial charge in [0.05, 0.1) is 31.8 Å². The summed E-state index contributed by atoms with van der Waals surface area (Å²) in [5.41, 5.74) is -0.525. The molecule has 0 heterocycles. The molecule has 0 saturated heterocycles. The van der Waals surface area contributed by atoms with Crippen LogP contribution in [0.25, 0.3) is 0 Å². The van der Waals surface area contributed by atoms with Gasteiger partial charge in [0.2, 0.25) is 0 Å². The fraction of sp³-hybridized carbons (Fsp3) is 0.875. The number of carbonyl (C=O) groups is 3. The Bertz CT molecular complexity index is 833. The van der Waals surface area contributed by atoms with Gasteiger partial charge in [-0.05, 0) is 17.3 Å². The molecule has 0 fully saturated rings. The van der Waals surface area contributed by atoms with Crippen molar-refractivity contribution in [1.29, 1.82) is 0 Å². The molecule has 0 N–H and O–H groups in total. The number of rotatable bonds is 15. The lowest BCUT2D eigenvalue weighted by molar-refractivity contribution is -0.397. The molecular formula is C24H35F9O6. The molecular weight excluding hydrogens is 555 g/mol. The van der Waals surface area contributed by atoms with E-state index in [1.807, 2.05) is 41.5 Å². The highest BCUT2D eigenvalue weighted by Crippen LogP contribution is 2.54. The van der Waals surface area contributed by atoms with E-state index < -0.39 is 73.6 Å². The highest BCUT2D eigenvalue weighted by Gasteiger charge is 2.81. The lowest BCUT2D eigenvalue weighted by Gasteiger charge is -2.35. The molecule has 0 aromatic rings. The summed E-state index contributed by atoms with van der Waals surface area (Å²) in [5, 5.41) is 0. The van der Waals surface area contributed by atoms with E-state index in [2.05, 4.69) is 4.74 Å². The van der Waals surface area contributed by atoms with E-state index >= 15 is 0 Å². The standard InChI is InChI=1S/C24H35F9O6/c1-7-20(5,6)15(14-19(2,3)4)18(36)39-13-12-38-17(35)9-8-16(34)37-11-10-21(25,26)22(27,28)23(29,30)24(31,32)33/h15H,7-14H2,1-6H3. The Kier molecular flexibility index (Phi) is 12.7. The van der Waals surface area contributed by atoms with Crippen molar-refractivity contribution >= 4 is 17.9 Å². The first-order valence-electron chi connectivity index (χ1n) is 12.0. The van der Waals surface area contributed by atoms with Crippen LogP contribution in [0.5, 0.6) is 0 Å². The number of hydrogen-bond acceptors (Lipinski definition) is 6. The molecule has 1 atom stereocenters. The van der Waals surface area contributed by atoms with Crippen molar-refractivity contribution < 1.29 is 68.1 Å². The molecule has 230 valence electrons. The van der Waals surface area contributed by atoms with Gasteiger partial charge in [-0.25, -0.2) is 0 Å². The second-order valence-electron chi connectivity index (χ2n) is 10.9. The van der Waals surface area contributed by atoms with Crippen LogP contribution in [0.15, 0.2) is 0 Å². The number of carbonyl (C=O) groups excluding carboxylic acids is 3. The van der Waals surface area contributed by atoms with Gasteiger partial charge in [0.1, 0.15) is 13.2 Å². The predicted octanol–water partition coefficient (Wildman–Crippen LogP) is 6.74. The van der Waals surface area contributed by atoms with Crippen molar-refractivity contribution in [2.24, 2.45) is 16.7 Å². The minimum Gasteiger partial charge on any atom is -0.465 e. The largest absolute Gasteiger partial charge is 0.465 e. The molecule has 0 aromatic heterocycles. The summed E-state index contributed by atoms with van der Waals surface area (Å²) >= 11 is 0. The fourth-order valence-corrected chi connectivity index (χ4v) is 3.14. The topological polar surface area (TPSA) is 78.9 Å². The van der Waals surface area contributed by atoms with Crippen LogP contribution in [0.2, 0.25) is 0 Å². The maximum Gasteiger partial charge on any atom is 0.460 e. The Labute approximate surface area is 220 Å². The first kappa shape index (κ1) is 36.8. The highest BCUT2D eigenvalue weighted by molar-refractivity contribution is 5.77. The van der Waals surface area contributed by atoms with Gasteiger partial charge in [-0.15, -0.1) is 0 Å². The minimum atomic E-state index is -7.04. The summed E-state index contributed by atoms with van der Waals surface area (Å²) in [6, 6.07) is 0. The lowest BCUT2D eigenvalue weighted by Crippen LogP contribution is -2.61. The van der Waals surface area contributed by atoms with Gasteiger partial charge in [0, 0.05) is 0 Å². The van der Waals surface area contributed by atoms with Crippen LogP contribution in [0, 0.1) is 16.7 Å². The van der Waals surface area contributed by atoms with E-state index in [4.69, 9.17) is 9.47 Å². The molecule has 15 heteroatoms. The molecule has 0 saturated carbocycles. The summed E-state index contributed by atoms with van der Waals surface area (Å²) in [7, 11) is 0. The molecule has 0 spiro atoms. The van der Waals surface area contributed by atoms with Crippen molar-refractivity contribution in [3.05, 3.63) is 0 Å². The summed E-state index contributed by atoms with van der Waals surface area (Å²) in [5.74, 6) is -23.0. The molecule has 0 aliphatic rings. The minimum absolute atomic E-state index is 0.165. The average molecular weight is 591 g/mol. The summed E-state index contributed by atoms with van der Waals surface area (Å²) in [4.78, 5) is 35.8. The van der Waals surface area contributed by atoms with Crippen molar-refractivity contribution in [2.45, 2.75) is 97.6 Å². The normalized spacial score (nSPS) is 14.5. The Morgan fingerprint density at radius 2 is 1.10 bits per heavy atom. The third-order valence-electron chi connectivity index (χ3n) is 5.97. The van der Waals surface area contributed by atoms with Gasteiger partial charge >= 0.3 is 41.9 Å². The van der Waals surface area contributed by atoms with Gasteiger partial charge < -0.3 is 14.2 Å². The quantitative estimate of drug-likeness (QED) is 0.0910. The molecule has 0 bridgehead atoms. The van der Waals surface area contributed by atoms with Crippen molar-refractivity contribution in [3.8, 4) is 0 Å². The number of alkyl halides is 9. The van der Waals surface area contributed by atoms with Gasteiger partial charge in [-0.2, -0.15) is 39.5 Å². The smallest absolute Gasteiger partial charge is 0.460 e. The van der Waals surface area contributed by atoms with Gasteiger partial charge in [-0.1, -0.05) is 48.0 Å². The second-order valence-corrected chi connectivity index (χ2v) is 10.9. The SMILES string of the molecule is CCC(C)(C)C(CC(C)(C)C)C(=O)OCCOC(=O)CCC(=O)OCCC(F)(F)C(F)(F)C(F)(F)C(F)(F)F. The lowest BCUT2D eigenvalue weighted by atomic mass is 9.70. The third-order valence-corrected chi connectivity index (χ3v) is 5.97. The van der Waals surface area contributed by atoms with Crippen LogP contribution in [-0.2, 0) is 28.6 Å². The number of esters is 3. The molecule has 6 nitrogen and oxygen atoms in total. The van der Waals surface area contributed by atoms with Crippen molar-refractivity contribution in [3.63, 3.8) is 0 Å². The molecule has 39 heavy (non-hydrogen) atoms. The highest BCUT2D eigenvalue weighted by atomic mass is 19.4. The van der Waals surface area contributed by atoms with Gasteiger partial charge in [-0.3, -0.25) is 14.4 Å². The summed E-state index contributed by atoms with van der Waals surface area (Å²) in [6.07, 6.45) is -9.50. The molecule has 0 aromatic carbocycles. The Hall–Kier alpha value is -2.22. The van der Waals surface area contributed by atoms with Crippen LogP contribution in [-0.4, -0.2) is 61.7 Å². The van der Waals surface area contributed by atoms with Crippen molar-refractivity contribution in [1.82, 2.24) is 0 Å². The molecule has 0 radical (unpaired) electrons. The Balaban J connectivity index is 4.58. The zero-order chi connectivity index (χ0) is 31.1. The number of hydrogen-bond donors (Lipinski definition) is 0. The first-order chi connectivity index (χ1) is 17.3. The first-order valence-corrected chi connectivity index (χ1v) is 12.0. The number of halogens is 9. The van der Waals surface area contributed by atoms with E-state index in [-0.39, 0.29) is 24.0 Å². The van der Waals surface area contributed by atoms with E-state index in [0.29, 0.717) is 12.8 Å². The maximum absolute atomic E-state index is 13.4. The summed E-state index contributed by atoms with van der Waals surface area (Å²) < 4.78 is 129. The average Bonchev–Trinajstić information content (AvgIpc) is 2.77. The molecule has 0 rings (SSSR count). The van der Waals surface area contributed by atoms with Crippen LogP contribution in [0.1, 0.15) is 73.6 Å². The van der Waals surface area contributed by atoms with E-state index in [1.165, 1.54) is 0 Å². The van der Waals surface area contributed by atoms with E-state index in [0.717, 1.165) is 0 Å². The van der Waals surface area contributed by atoms with Crippen LogP contribution in [0.3, 0.4) is 0 Å². The zero-order valence-corrected chi connectivity index (χ0v) is 22.6. The van der Waals surface area contributed by atoms with Crippen LogP contribution in [0.4, 0.5) is 39.5 Å². The molecule has 0 aliphatic carbocycles. The van der Waals surface area contributed by atoms with Gasteiger partial charge in [0.15, 0.2) is 0 Å². The van der Waals surface area contributed by atoms with Crippen LogP contribution >= 0.6 is 0 Å². The molecule has 0 amide bonds. The third kappa shape index (κ3) is 10.7. The van der Waals surface area contributed by atoms with E-state index in [1.54, 1.807) is 0 Å².